The third-order valence-electron chi connectivity index (χ3n) is 3.29. The zero-order chi connectivity index (χ0) is 13.3. The molecule has 98 valence electrons. The fourth-order valence-corrected chi connectivity index (χ4v) is 2.17. The van der Waals surface area contributed by atoms with E-state index in [4.69, 9.17) is 15.6 Å². The van der Waals surface area contributed by atoms with Crippen molar-refractivity contribution in [1.82, 2.24) is 0 Å². The average molecular weight is 257 g/mol. The van der Waals surface area contributed by atoms with Gasteiger partial charge in [-0.15, -0.1) is 0 Å². The number of rotatable bonds is 4. The van der Waals surface area contributed by atoms with Crippen LogP contribution < -0.4 is 5.73 Å². The largest absolute Gasteiger partial charge is 0.481 e. The molecule has 1 aromatic carbocycles. The highest BCUT2D eigenvalue weighted by Gasteiger charge is 2.47. The summed E-state index contributed by atoms with van der Waals surface area (Å²) in [6, 6.07) is 2.42. The molecular weight excluding hydrogens is 244 g/mol. The molecule has 1 heterocycles. The van der Waals surface area contributed by atoms with Gasteiger partial charge in [0.25, 0.3) is 0 Å². The van der Waals surface area contributed by atoms with Crippen LogP contribution in [0, 0.1) is 11.6 Å². The molecule has 0 spiro atoms. The summed E-state index contributed by atoms with van der Waals surface area (Å²) in [4.78, 5) is 10.7. The van der Waals surface area contributed by atoms with Crippen molar-refractivity contribution < 1.29 is 23.4 Å². The van der Waals surface area contributed by atoms with Crippen LogP contribution in [0.2, 0.25) is 0 Å². The molecule has 1 saturated heterocycles. The number of carbonyl (C=O) groups is 1. The second kappa shape index (κ2) is 4.62. The minimum absolute atomic E-state index is 0.143. The Labute approximate surface area is 102 Å². The van der Waals surface area contributed by atoms with Gasteiger partial charge in [0.05, 0.1) is 25.0 Å². The highest BCUT2D eigenvalue weighted by atomic mass is 19.1. The molecule has 6 heteroatoms. The van der Waals surface area contributed by atoms with Crippen molar-refractivity contribution in [2.45, 2.75) is 17.9 Å². The third-order valence-corrected chi connectivity index (χ3v) is 3.29. The van der Waals surface area contributed by atoms with Gasteiger partial charge in [0.15, 0.2) is 0 Å². The molecule has 1 aliphatic rings. The van der Waals surface area contributed by atoms with E-state index in [1.54, 1.807) is 0 Å². The van der Waals surface area contributed by atoms with Gasteiger partial charge < -0.3 is 15.6 Å². The lowest BCUT2D eigenvalue weighted by atomic mass is 9.71. The molecule has 0 amide bonds. The normalized spacial score (nSPS) is 19.1. The molecule has 0 saturated carbocycles. The van der Waals surface area contributed by atoms with Gasteiger partial charge in [-0.05, 0) is 6.07 Å². The number of hydrogen-bond donors (Lipinski definition) is 2. The molecule has 18 heavy (non-hydrogen) atoms. The predicted octanol–water partition coefficient (Wildman–Crippen LogP) is 1.03. The van der Waals surface area contributed by atoms with Crippen LogP contribution in [-0.2, 0) is 14.9 Å². The van der Waals surface area contributed by atoms with E-state index in [1.165, 1.54) is 6.07 Å². The number of carboxylic acid groups (broad SMARTS) is 1. The summed E-state index contributed by atoms with van der Waals surface area (Å²) < 4.78 is 31.7. The molecule has 1 aliphatic heterocycles. The minimum atomic E-state index is -1.06. The van der Waals surface area contributed by atoms with Crippen LogP contribution in [0.5, 0.6) is 0 Å². The van der Waals surface area contributed by atoms with Crippen molar-refractivity contribution in [3.05, 3.63) is 35.4 Å². The summed E-state index contributed by atoms with van der Waals surface area (Å²) in [7, 11) is 0. The summed E-state index contributed by atoms with van der Waals surface area (Å²) in [5, 5.41) is 8.75. The molecule has 0 aromatic heterocycles. The maximum Gasteiger partial charge on any atom is 0.304 e. The van der Waals surface area contributed by atoms with Crippen LogP contribution in [0.3, 0.4) is 0 Å². The molecule has 2 rings (SSSR count). The topological polar surface area (TPSA) is 72.6 Å². The van der Waals surface area contributed by atoms with Crippen LogP contribution >= 0.6 is 0 Å². The standard InChI is InChI=1S/C12H13F2NO3/c13-7-1-2-8(9(14)3-7)12(5-18-6-12)10(15)4-11(16)17/h1-3,10H,4-6,15H2,(H,16,17). The van der Waals surface area contributed by atoms with Crippen molar-refractivity contribution in [2.24, 2.45) is 5.73 Å². The quantitative estimate of drug-likeness (QED) is 0.845. The summed E-state index contributed by atoms with van der Waals surface area (Å²) in [5.41, 5.74) is 5.17. The van der Waals surface area contributed by atoms with E-state index in [-0.39, 0.29) is 25.2 Å². The van der Waals surface area contributed by atoms with Crippen LogP contribution in [0.25, 0.3) is 0 Å². The lowest BCUT2D eigenvalue weighted by Crippen LogP contribution is -2.59. The molecule has 1 atom stereocenters. The summed E-state index contributed by atoms with van der Waals surface area (Å²) in [6.45, 7) is 0.286. The summed E-state index contributed by atoms with van der Waals surface area (Å²) in [5.74, 6) is -2.46. The van der Waals surface area contributed by atoms with Gasteiger partial charge in [-0.3, -0.25) is 4.79 Å². The zero-order valence-corrected chi connectivity index (χ0v) is 9.53. The van der Waals surface area contributed by atoms with E-state index in [9.17, 15) is 13.6 Å². The fraction of sp³-hybridized carbons (Fsp3) is 0.417. The van der Waals surface area contributed by atoms with E-state index in [0.717, 1.165) is 12.1 Å². The second-order valence-electron chi connectivity index (χ2n) is 4.48. The highest BCUT2D eigenvalue weighted by molar-refractivity contribution is 5.68. The number of ether oxygens (including phenoxy) is 1. The Kier molecular flexibility index (Phi) is 3.32. The third kappa shape index (κ3) is 2.09. The van der Waals surface area contributed by atoms with Crippen molar-refractivity contribution >= 4 is 5.97 Å². The maximum atomic E-state index is 13.8. The Morgan fingerprint density at radius 1 is 1.50 bits per heavy atom. The zero-order valence-electron chi connectivity index (χ0n) is 9.53. The van der Waals surface area contributed by atoms with Gasteiger partial charge in [-0.25, -0.2) is 8.78 Å². The Morgan fingerprint density at radius 2 is 2.17 bits per heavy atom. The van der Waals surface area contributed by atoms with E-state index >= 15 is 0 Å². The van der Waals surface area contributed by atoms with Gasteiger partial charge in [0.2, 0.25) is 0 Å². The van der Waals surface area contributed by atoms with E-state index < -0.39 is 29.1 Å². The molecule has 1 fully saturated rings. The van der Waals surface area contributed by atoms with E-state index in [0.29, 0.717) is 0 Å². The lowest BCUT2D eigenvalue weighted by Gasteiger charge is -2.45. The first-order valence-corrected chi connectivity index (χ1v) is 5.46. The second-order valence-corrected chi connectivity index (χ2v) is 4.48. The van der Waals surface area contributed by atoms with Gasteiger partial charge in [0, 0.05) is 17.7 Å². The van der Waals surface area contributed by atoms with Crippen LogP contribution in [0.15, 0.2) is 18.2 Å². The van der Waals surface area contributed by atoms with Gasteiger partial charge in [0.1, 0.15) is 11.6 Å². The van der Waals surface area contributed by atoms with Crippen LogP contribution in [0.1, 0.15) is 12.0 Å². The minimum Gasteiger partial charge on any atom is -0.481 e. The lowest BCUT2D eigenvalue weighted by molar-refractivity contribution is -0.140. The average Bonchev–Trinajstić information content (AvgIpc) is 2.18. The van der Waals surface area contributed by atoms with Crippen LogP contribution in [-0.4, -0.2) is 30.3 Å². The fourth-order valence-electron chi connectivity index (χ4n) is 2.17. The highest BCUT2D eigenvalue weighted by Crippen LogP contribution is 2.37. The molecule has 0 bridgehead atoms. The Morgan fingerprint density at radius 3 is 2.61 bits per heavy atom. The molecule has 1 unspecified atom stereocenters. The monoisotopic (exact) mass is 257 g/mol. The van der Waals surface area contributed by atoms with E-state index in [1.807, 2.05) is 0 Å². The summed E-state index contributed by atoms with van der Waals surface area (Å²) in [6.07, 6.45) is -0.291. The number of aliphatic carboxylic acids is 1. The van der Waals surface area contributed by atoms with E-state index in [2.05, 4.69) is 0 Å². The Balaban J connectivity index is 2.34. The number of halogens is 2. The first-order chi connectivity index (χ1) is 8.45. The van der Waals surface area contributed by atoms with Gasteiger partial charge >= 0.3 is 5.97 Å². The van der Waals surface area contributed by atoms with Crippen molar-refractivity contribution in [1.29, 1.82) is 0 Å². The molecule has 4 nitrogen and oxygen atoms in total. The SMILES string of the molecule is NC(CC(=O)O)C1(c2ccc(F)cc2F)COC1. The smallest absolute Gasteiger partial charge is 0.304 e. The van der Waals surface area contributed by atoms with Crippen molar-refractivity contribution in [3.8, 4) is 0 Å². The molecule has 3 N–H and O–H groups in total. The van der Waals surface area contributed by atoms with Crippen LogP contribution in [0.4, 0.5) is 8.78 Å². The first kappa shape index (κ1) is 12.9. The predicted molar refractivity (Wildman–Crippen MR) is 59.1 cm³/mol. The van der Waals surface area contributed by atoms with Crippen molar-refractivity contribution in [3.63, 3.8) is 0 Å². The number of nitrogens with two attached hydrogens (primary N) is 1. The maximum absolute atomic E-state index is 13.8. The number of benzene rings is 1. The molecule has 0 radical (unpaired) electrons. The molecule has 1 aromatic rings. The van der Waals surface area contributed by atoms with Crippen molar-refractivity contribution in [2.75, 3.05) is 13.2 Å². The van der Waals surface area contributed by atoms with Gasteiger partial charge in [-0.2, -0.15) is 0 Å². The first-order valence-electron chi connectivity index (χ1n) is 5.46. The number of carboxylic acids is 1. The molecule has 0 aliphatic carbocycles. The molecular formula is C12H13F2NO3. The Bertz CT molecular complexity index is 474. The number of hydrogen-bond acceptors (Lipinski definition) is 3. The Hall–Kier alpha value is -1.53. The summed E-state index contributed by atoms with van der Waals surface area (Å²) >= 11 is 0. The van der Waals surface area contributed by atoms with Gasteiger partial charge in [-0.1, -0.05) is 6.07 Å².